The highest BCUT2D eigenvalue weighted by molar-refractivity contribution is 4.78. The van der Waals surface area contributed by atoms with E-state index in [9.17, 15) is 0 Å². The van der Waals surface area contributed by atoms with Crippen LogP contribution in [-0.4, -0.2) is 73.5 Å². The Balaban J connectivity index is 2.12. The maximum atomic E-state index is 8.95. The lowest BCUT2D eigenvalue weighted by Crippen LogP contribution is -2.53. The van der Waals surface area contributed by atoms with Gasteiger partial charge in [0.2, 0.25) is 0 Å². The molecule has 0 spiro atoms. The Morgan fingerprint density at radius 3 is 2.65 bits per heavy atom. The third-order valence-electron chi connectivity index (χ3n) is 3.24. The molecule has 0 aromatic rings. The molecule has 1 atom stereocenters. The van der Waals surface area contributed by atoms with Crippen molar-refractivity contribution in [2.24, 2.45) is 5.92 Å². The summed E-state index contributed by atoms with van der Waals surface area (Å²) < 4.78 is 5.61. The number of rotatable bonds is 7. The zero-order valence-corrected chi connectivity index (χ0v) is 11.6. The van der Waals surface area contributed by atoms with Gasteiger partial charge in [0.15, 0.2) is 0 Å². The molecule has 1 fully saturated rings. The van der Waals surface area contributed by atoms with Crippen LogP contribution in [0.25, 0.3) is 0 Å². The number of aliphatic hydroxyl groups is 1. The highest BCUT2D eigenvalue weighted by Gasteiger charge is 2.22. The molecular formula is C13H28N2O2. The fourth-order valence-electron chi connectivity index (χ4n) is 2.25. The smallest absolute Gasteiger partial charge is 0.0593 e. The Morgan fingerprint density at radius 1 is 1.29 bits per heavy atom. The number of nitrogens with zero attached hydrogens (tertiary/aromatic N) is 2. The summed E-state index contributed by atoms with van der Waals surface area (Å²) in [5, 5.41) is 8.95. The molecule has 0 radical (unpaired) electrons. The van der Waals surface area contributed by atoms with Gasteiger partial charge in [-0.05, 0) is 12.8 Å². The molecule has 0 saturated carbocycles. The molecular weight excluding hydrogens is 216 g/mol. The van der Waals surface area contributed by atoms with Crippen molar-refractivity contribution < 1.29 is 9.84 Å². The van der Waals surface area contributed by atoms with E-state index >= 15 is 0 Å². The predicted molar refractivity (Wildman–Crippen MR) is 70.2 cm³/mol. The van der Waals surface area contributed by atoms with Gasteiger partial charge in [0.25, 0.3) is 0 Å². The molecule has 4 nitrogen and oxygen atoms in total. The zero-order valence-electron chi connectivity index (χ0n) is 11.6. The van der Waals surface area contributed by atoms with Gasteiger partial charge in [-0.2, -0.15) is 0 Å². The van der Waals surface area contributed by atoms with Crippen molar-refractivity contribution in [3.63, 3.8) is 0 Å². The maximum Gasteiger partial charge on any atom is 0.0593 e. The highest BCUT2D eigenvalue weighted by Crippen LogP contribution is 2.08. The normalized spacial score (nSPS) is 23.5. The predicted octanol–water partition coefficient (Wildman–Crippen LogP) is 0.657. The fourth-order valence-corrected chi connectivity index (χ4v) is 2.25. The molecule has 4 heteroatoms. The van der Waals surface area contributed by atoms with Crippen molar-refractivity contribution in [2.45, 2.75) is 26.8 Å². The van der Waals surface area contributed by atoms with Crippen LogP contribution in [0.1, 0.15) is 20.8 Å². The van der Waals surface area contributed by atoms with Gasteiger partial charge in [-0.15, -0.1) is 0 Å². The summed E-state index contributed by atoms with van der Waals surface area (Å²) in [4.78, 5) is 4.81. The van der Waals surface area contributed by atoms with E-state index in [4.69, 9.17) is 9.84 Å². The highest BCUT2D eigenvalue weighted by atomic mass is 16.5. The Bertz CT molecular complexity index is 200. The molecule has 0 aromatic heterocycles. The Labute approximate surface area is 106 Å². The molecule has 1 aliphatic heterocycles. The molecule has 0 bridgehead atoms. The summed E-state index contributed by atoms with van der Waals surface area (Å²) >= 11 is 0. The lowest BCUT2D eigenvalue weighted by molar-refractivity contribution is 0.0384. The van der Waals surface area contributed by atoms with Crippen LogP contribution < -0.4 is 0 Å². The molecule has 1 rings (SSSR count). The van der Waals surface area contributed by atoms with Crippen LogP contribution in [0.15, 0.2) is 0 Å². The van der Waals surface area contributed by atoms with E-state index < -0.39 is 0 Å². The standard InChI is InChI=1S/C13H28N2O2/c1-12(2)11-17-9-7-14-4-5-15(6-8-16)13(3)10-14/h12-13,16H,4-11H2,1-3H3. The second-order valence-corrected chi connectivity index (χ2v) is 5.38. The molecule has 102 valence electrons. The number of β-amino-alcohol motifs (C(OH)–C–C–N with tert-alkyl or cyclic N) is 1. The van der Waals surface area contributed by atoms with Crippen LogP contribution in [0.4, 0.5) is 0 Å². The first-order chi connectivity index (χ1) is 8.13. The van der Waals surface area contributed by atoms with Crippen LogP contribution in [0.2, 0.25) is 0 Å². The van der Waals surface area contributed by atoms with Crippen molar-refractivity contribution in [3.05, 3.63) is 0 Å². The van der Waals surface area contributed by atoms with Gasteiger partial charge < -0.3 is 9.84 Å². The molecule has 1 heterocycles. The summed E-state index contributed by atoms with van der Waals surface area (Å²) in [5.41, 5.74) is 0. The SMILES string of the molecule is CC(C)COCCN1CCN(CCO)C(C)C1. The largest absolute Gasteiger partial charge is 0.395 e. The third-order valence-corrected chi connectivity index (χ3v) is 3.24. The fraction of sp³-hybridized carbons (Fsp3) is 1.00. The number of aliphatic hydroxyl groups excluding tert-OH is 1. The summed E-state index contributed by atoms with van der Waals surface area (Å²) in [5.74, 6) is 0.621. The molecule has 1 aliphatic rings. The van der Waals surface area contributed by atoms with Crippen LogP contribution >= 0.6 is 0 Å². The van der Waals surface area contributed by atoms with Crippen LogP contribution in [-0.2, 0) is 4.74 Å². The Kier molecular flexibility index (Phi) is 7.04. The van der Waals surface area contributed by atoms with Crippen LogP contribution in [0.5, 0.6) is 0 Å². The number of hydrogen-bond acceptors (Lipinski definition) is 4. The Hall–Kier alpha value is -0.160. The molecule has 1 N–H and O–H groups in total. The first kappa shape index (κ1) is 14.9. The number of piperazine rings is 1. The number of ether oxygens (including phenoxy) is 1. The lowest BCUT2D eigenvalue weighted by atomic mass is 10.2. The summed E-state index contributed by atoms with van der Waals surface area (Å²) in [6.07, 6.45) is 0. The van der Waals surface area contributed by atoms with Crippen molar-refractivity contribution in [1.82, 2.24) is 9.80 Å². The third kappa shape index (κ3) is 5.82. The quantitative estimate of drug-likeness (QED) is 0.667. The van der Waals surface area contributed by atoms with Gasteiger partial charge in [0.05, 0.1) is 13.2 Å². The van der Waals surface area contributed by atoms with Crippen molar-refractivity contribution >= 4 is 0 Å². The molecule has 1 saturated heterocycles. The van der Waals surface area contributed by atoms with Gasteiger partial charge in [-0.3, -0.25) is 9.80 Å². The van der Waals surface area contributed by atoms with E-state index in [1.54, 1.807) is 0 Å². The van der Waals surface area contributed by atoms with E-state index in [1.165, 1.54) is 0 Å². The average molecular weight is 244 g/mol. The van der Waals surface area contributed by atoms with Gasteiger partial charge in [0, 0.05) is 45.4 Å². The first-order valence-corrected chi connectivity index (χ1v) is 6.78. The first-order valence-electron chi connectivity index (χ1n) is 6.78. The lowest BCUT2D eigenvalue weighted by Gasteiger charge is -2.39. The Morgan fingerprint density at radius 2 is 2.06 bits per heavy atom. The monoisotopic (exact) mass is 244 g/mol. The minimum Gasteiger partial charge on any atom is -0.395 e. The number of hydrogen-bond donors (Lipinski definition) is 1. The zero-order chi connectivity index (χ0) is 12.7. The van der Waals surface area contributed by atoms with Crippen molar-refractivity contribution in [1.29, 1.82) is 0 Å². The topological polar surface area (TPSA) is 35.9 Å². The van der Waals surface area contributed by atoms with E-state index in [1.807, 2.05) is 0 Å². The van der Waals surface area contributed by atoms with E-state index in [0.29, 0.717) is 12.0 Å². The van der Waals surface area contributed by atoms with E-state index in [0.717, 1.165) is 45.9 Å². The second-order valence-electron chi connectivity index (χ2n) is 5.38. The minimum absolute atomic E-state index is 0.266. The van der Waals surface area contributed by atoms with Crippen molar-refractivity contribution in [3.8, 4) is 0 Å². The van der Waals surface area contributed by atoms with Gasteiger partial charge in [-0.1, -0.05) is 13.8 Å². The minimum atomic E-state index is 0.266. The van der Waals surface area contributed by atoms with Gasteiger partial charge in [0.1, 0.15) is 0 Å². The molecule has 0 aliphatic carbocycles. The van der Waals surface area contributed by atoms with Gasteiger partial charge in [-0.25, -0.2) is 0 Å². The molecule has 0 amide bonds. The summed E-state index contributed by atoms with van der Waals surface area (Å²) in [6, 6.07) is 0.543. The molecule has 0 aromatic carbocycles. The van der Waals surface area contributed by atoms with Crippen LogP contribution in [0.3, 0.4) is 0 Å². The summed E-state index contributed by atoms with van der Waals surface area (Å²) in [6.45, 7) is 13.6. The molecule has 1 unspecified atom stereocenters. The maximum absolute atomic E-state index is 8.95. The van der Waals surface area contributed by atoms with Gasteiger partial charge >= 0.3 is 0 Å². The van der Waals surface area contributed by atoms with E-state index in [2.05, 4.69) is 30.6 Å². The summed E-state index contributed by atoms with van der Waals surface area (Å²) in [7, 11) is 0. The van der Waals surface area contributed by atoms with E-state index in [-0.39, 0.29) is 6.61 Å². The van der Waals surface area contributed by atoms with Crippen molar-refractivity contribution in [2.75, 3.05) is 52.5 Å². The second kappa shape index (κ2) is 8.03. The van der Waals surface area contributed by atoms with Crippen LogP contribution in [0, 0.1) is 5.92 Å². The average Bonchev–Trinajstić information content (AvgIpc) is 2.28. The molecule has 17 heavy (non-hydrogen) atoms.